The molecule has 0 aliphatic carbocycles. The topological polar surface area (TPSA) is 43.4 Å². The number of carbonyl (C=O) groups excluding carboxylic acids is 2. The number of hydrogen-bond donors (Lipinski definition) is 0. The van der Waals surface area contributed by atoms with Crippen LogP contribution >= 0.6 is 11.3 Å². The van der Waals surface area contributed by atoms with Crippen LogP contribution in [0.1, 0.15) is 20.0 Å². The van der Waals surface area contributed by atoms with E-state index in [9.17, 15) is 9.59 Å². The molecule has 1 aliphatic rings. The maximum Gasteiger partial charge on any atom is 0.357 e. The van der Waals surface area contributed by atoms with E-state index in [1.165, 1.54) is 11.3 Å². The minimum atomic E-state index is -0.526. The second kappa shape index (κ2) is 2.42. The lowest BCUT2D eigenvalue weighted by molar-refractivity contribution is 0.0446. The summed E-state index contributed by atoms with van der Waals surface area (Å²) >= 11 is 1.30. The molecule has 2 heterocycles. The Bertz CT molecular complexity index is 568. The van der Waals surface area contributed by atoms with E-state index in [4.69, 9.17) is 0 Å². The van der Waals surface area contributed by atoms with E-state index < -0.39 is 11.9 Å². The molecule has 4 heteroatoms. The molecule has 0 N–H and O–H groups in total. The summed E-state index contributed by atoms with van der Waals surface area (Å²) in [5.41, 5.74) is 0.426. The second-order valence-electron chi connectivity index (χ2n) is 2.98. The van der Waals surface area contributed by atoms with Crippen molar-refractivity contribution in [3.8, 4) is 0 Å². The van der Waals surface area contributed by atoms with Gasteiger partial charge >= 0.3 is 11.9 Å². The first-order chi connectivity index (χ1) is 6.77. The summed E-state index contributed by atoms with van der Waals surface area (Å²) in [5.74, 6) is -1.05. The standard InChI is InChI=1S/C10H4O3S/c11-9-7-5-3-1-2-4-6(5)14-8(7)10(12)13-9/h1-4H. The minimum Gasteiger partial charge on any atom is -0.385 e. The van der Waals surface area contributed by atoms with Crippen LogP contribution in [0.25, 0.3) is 10.1 Å². The fourth-order valence-electron chi connectivity index (χ4n) is 1.57. The number of cyclic esters (lactones) is 2. The largest absolute Gasteiger partial charge is 0.385 e. The van der Waals surface area contributed by atoms with Crippen LogP contribution in [0.2, 0.25) is 0 Å². The highest BCUT2D eigenvalue weighted by Crippen LogP contribution is 2.35. The van der Waals surface area contributed by atoms with Gasteiger partial charge in [-0.2, -0.15) is 0 Å². The van der Waals surface area contributed by atoms with Crippen molar-refractivity contribution in [3.05, 3.63) is 34.7 Å². The molecule has 68 valence electrons. The number of carbonyl (C=O) groups is 2. The SMILES string of the molecule is O=C1OC(=O)c2c1sc1ccccc21. The zero-order valence-corrected chi connectivity index (χ0v) is 7.76. The van der Waals surface area contributed by atoms with Crippen molar-refractivity contribution in [3.63, 3.8) is 0 Å². The van der Waals surface area contributed by atoms with Crippen molar-refractivity contribution < 1.29 is 14.3 Å². The van der Waals surface area contributed by atoms with Gasteiger partial charge in [0, 0.05) is 10.1 Å². The van der Waals surface area contributed by atoms with Gasteiger partial charge in [0.15, 0.2) is 0 Å². The molecule has 0 bridgehead atoms. The molecule has 1 aliphatic heterocycles. The number of fused-ring (bicyclic) bond motifs is 3. The number of hydrogen-bond acceptors (Lipinski definition) is 4. The smallest absolute Gasteiger partial charge is 0.357 e. The van der Waals surface area contributed by atoms with Gasteiger partial charge in [0.25, 0.3) is 0 Å². The first-order valence-corrected chi connectivity index (χ1v) is 4.87. The van der Waals surface area contributed by atoms with Crippen molar-refractivity contribution in [1.82, 2.24) is 0 Å². The van der Waals surface area contributed by atoms with Gasteiger partial charge < -0.3 is 4.74 Å². The third-order valence-corrected chi connectivity index (χ3v) is 3.32. The van der Waals surface area contributed by atoms with Gasteiger partial charge in [0.2, 0.25) is 0 Å². The van der Waals surface area contributed by atoms with E-state index in [0.29, 0.717) is 10.4 Å². The number of esters is 2. The summed E-state index contributed by atoms with van der Waals surface area (Å²) in [7, 11) is 0. The van der Waals surface area contributed by atoms with Crippen LogP contribution in [-0.2, 0) is 4.74 Å². The Morgan fingerprint density at radius 3 is 2.71 bits per heavy atom. The van der Waals surface area contributed by atoms with Crippen LogP contribution in [-0.4, -0.2) is 11.9 Å². The molecule has 14 heavy (non-hydrogen) atoms. The fraction of sp³-hybridized carbons (Fsp3) is 0. The van der Waals surface area contributed by atoms with E-state index in [2.05, 4.69) is 4.74 Å². The third kappa shape index (κ3) is 0.807. The van der Waals surface area contributed by atoms with Crippen molar-refractivity contribution >= 4 is 33.4 Å². The quantitative estimate of drug-likeness (QED) is 0.488. The molecular formula is C10H4O3S. The zero-order chi connectivity index (χ0) is 9.71. The maximum absolute atomic E-state index is 11.3. The maximum atomic E-state index is 11.3. The van der Waals surface area contributed by atoms with Crippen LogP contribution in [0.4, 0.5) is 0 Å². The van der Waals surface area contributed by atoms with Gasteiger partial charge in [0.05, 0.1) is 5.56 Å². The molecule has 1 aromatic carbocycles. The van der Waals surface area contributed by atoms with Gasteiger partial charge in [-0.05, 0) is 6.07 Å². The van der Waals surface area contributed by atoms with Crippen molar-refractivity contribution in [2.75, 3.05) is 0 Å². The average molecular weight is 204 g/mol. The summed E-state index contributed by atoms with van der Waals surface area (Å²) in [5, 5.41) is 0.809. The third-order valence-electron chi connectivity index (χ3n) is 2.17. The molecule has 0 fully saturated rings. The normalized spacial score (nSPS) is 14.6. The monoisotopic (exact) mass is 204 g/mol. The lowest BCUT2D eigenvalue weighted by Crippen LogP contribution is -1.97. The molecule has 0 spiro atoms. The predicted octanol–water partition coefficient (Wildman–Crippen LogP) is 2.21. The van der Waals surface area contributed by atoms with Crippen molar-refractivity contribution in [2.45, 2.75) is 0 Å². The van der Waals surface area contributed by atoms with E-state index >= 15 is 0 Å². The zero-order valence-electron chi connectivity index (χ0n) is 6.94. The summed E-state index contributed by atoms with van der Waals surface area (Å²) in [6.07, 6.45) is 0. The van der Waals surface area contributed by atoms with Crippen LogP contribution in [0.15, 0.2) is 24.3 Å². The molecule has 1 aromatic heterocycles. The highest BCUT2D eigenvalue weighted by molar-refractivity contribution is 7.21. The highest BCUT2D eigenvalue weighted by atomic mass is 32.1. The summed E-state index contributed by atoms with van der Waals surface area (Å²) in [6, 6.07) is 7.43. The highest BCUT2D eigenvalue weighted by Gasteiger charge is 2.33. The second-order valence-corrected chi connectivity index (χ2v) is 4.03. The Hall–Kier alpha value is -1.68. The lowest BCUT2D eigenvalue weighted by Gasteiger charge is -1.90. The Labute approximate surface area is 82.9 Å². The molecule has 0 amide bonds. The van der Waals surface area contributed by atoms with E-state index in [-0.39, 0.29) is 0 Å². The van der Waals surface area contributed by atoms with Crippen molar-refractivity contribution in [1.29, 1.82) is 0 Å². The molecule has 0 unspecified atom stereocenters. The summed E-state index contributed by atoms with van der Waals surface area (Å²) < 4.78 is 5.46. The minimum absolute atomic E-state index is 0.426. The van der Waals surface area contributed by atoms with Gasteiger partial charge in [-0.3, -0.25) is 0 Å². The number of thiophene rings is 1. The molecule has 0 radical (unpaired) electrons. The molecule has 3 nitrogen and oxygen atoms in total. The number of benzene rings is 1. The van der Waals surface area contributed by atoms with Crippen LogP contribution in [0.3, 0.4) is 0 Å². The fourth-order valence-corrected chi connectivity index (χ4v) is 2.64. The molecule has 0 saturated carbocycles. The Morgan fingerprint density at radius 2 is 1.86 bits per heavy atom. The molecule has 3 rings (SSSR count). The number of rotatable bonds is 0. The van der Waals surface area contributed by atoms with Crippen LogP contribution < -0.4 is 0 Å². The predicted molar refractivity (Wildman–Crippen MR) is 51.6 cm³/mol. The Balaban J connectivity index is 2.49. The Kier molecular flexibility index (Phi) is 1.33. The lowest BCUT2D eigenvalue weighted by atomic mass is 10.1. The summed E-state index contributed by atoms with van der Waals surface area (Å²) in [6.45, 7) is 0. The van der Waals surface area contributed by atoms with Crippen molar-refractivity contribution in [2.24, 2.45) is 0 Å². The van der Waals surface area contributed by atoms with Crippen LogP contribution in [0.5, 0.6) is 0 Å². The Morgan fingerprint density at radius 1 is 1.07 bits per heavy atom. The van der Waals surface area contributed by atoms with E-state index in [0.717, 1.165) is 10.1 Å². The first-order valence-electron chi connectivity index (χ1n) is 4.05. The summed E-state index contributed by atoms with van der Waals surface area (Å²) in [4.78, 5) is 23.0. The van der Waals surface area contributed by atoms with E-state index in [1.54, 1.807) is 0 Å². The van der Waals surface area contributed by atoms with Gasteiger partial charge in [-0.15, -0.1) is 11.3 Å². The molecule has 0 saturated heterocycles. The number of ether oxygens (including phenoxy) is 1. The molecule has 0 atom stereocenters. The van der Waals surface area contributed by atoms with Gasteiger partial charge in [-0.1, -0.05) is 18.2 Å². The van der Waals surface area contributed by atoms with Gasteiger partial charge in [-0.25, -0.2) is 9.59 Å². The van der Waals surface area contributed by atoms with Gasteiger partial charge in [0.1, 0.15) is 4.88 Å². The molecular weight excluding hydrogens is 200 g/mol. The average Bonchev–Trinajstić information content (AvgIpc) is 2.66. The molecule has 2 aromatic rings. The van der Waals surface area contributed by atoms with Crippen LogP contribution in [0, 0.1) is 0 Å². The van der Waals surface area contributed by atoms with E-state index in [1.807, 2.05) is 24.3 Å². The first kappa shape index (κ1) is 7.70.